The van der Waals surface area contributed by atoms with Crippen molar-refractivity contribution in [2.24, 2.45) is 17.8 Å². The molecule has 1 saturated carbocycles. The highest BCUT2D eigenvalue weighted by Crippen LogP contribution is 2.48. The average molecular weight is 523 g/mol. The van der Waals surface area contributed by atoms with E-state index in [0.29, 0.717) is 23.8 Å². The summed E-state index contributed by atoms with van der Waals surface area (Å²) in [5, 5.41) is 0. The maximum atomic E-state index is 13.3. The lowest BCUT2D eigenvalue weighted by molar-refractivity contribution is -0.114. The van der Waals surface area contributed by atoms with Crippen LogP contribution in [0.1, 0.15) is 60.5 Å². The number of methoxy groups -OCH3 is 1. The highest BCUT2D eigenvalue weighted by molar-refractivity contribution is 5.90. The van der Waals surface area contributed by atoms with E-state index in [0.717, 1.165) is 55.4 Å². The van der Waals surface area contributed by atoms with Crippen LogP contribution >= 0.6 is 0 Å². The van der Waals surface area contributed by atoms with E-state index in [2.05, 4.69) is 25.1 Å². The summed E-state index contributed by atoms with van der Waals surface area (Å²) in [6.07, 6.45) is 9.77. The maximum absolute atomic E-state index is 13.3. The van der Waals surface area contributed by atoms with Crippen molar-refractivity contribution in [3.05, 3.63) is 102 Å². The summed E-state index contributed by atoms with van der Waals surface area (Å²) in [5.41, 5.74) is 5.29. The molecular weight excluding hydrogens is 484 g/mol. The van der Waals surface area contributed by atoms with Crippen LogP contribution in [0.3, 0.4) is 0 Å². The number of rotatable bonds is 10. The van der Waals surface area contributed by atoms with Gasteiger partial charge in [0.25, 0.3) is 0 Å². The Morgan fingerprint density at radius 2 is 1.67 bits per heavy atom. The summed E-state index contributed by atoms with van der Waals surface area (Å²) < 4.78 is 11.9. The zero-order valence-corrected chi connectivity index (χ0v) is 23.0. The van der Waals surface area contributed by atoms with Crippen molar-refractivity contribution in [1.29, 1.82) is 0 Å². The van der Waals surface area contributed by atoms with Crippen molar-refractivity contribution in [2.75, 3.05) is 7.11 Å². The number of carbonyl (C=O) groups excluding carboxylic acids is 2. The van der Waals surface area contributed by atoms with Gasteiger partial charge in [-0.05, 0) is 84.0 Å². The molecular formula is C35H38O4. The van der Waals surface area contributed by atoms with E-state index in [1.807, 2.05) is 60.7 Å². The van der Waals surface area contributed by atoms with E-state index in [4.69, 9.17) is 9.47 Å². The molecule has 4 atom stereocenters. The molecule has 0 N–H and O–H groups in total. The van der Waals surface area contributed by atoms with E-state index < -0.39 is 0 Å². The van der Waals surface area contributed by atoms with Gasteiger partial charge in [0.15, 0.2) is 5.78 Å². The third-order valence-corrected chi connectivity index (χ3v) is 8.45. The van der Waals surface area contributed by atoms with Gasteiger partial charge in [0, 0.05) is 12.3 Å². The number of hydrogen-bond donors (Lipinski definition) is 0. The quantitative estimate of drug-likeness (QED) is 0.156. The molecule has 0 amide bonds. The fourth-order valence-electron chi connectivity index (χ4n) is 6.38. The molecule has 39 heavy (non-hydrogen) atoms. The monoisotopic (exact) mass is 522 g/mol. The Morgan fingerprint density at radius 1 is 0.897 bits per heavy atom. The molecule has 1 fully saturated rings. The Balaban J connectivity index is 1.34. The summed E-state index contributed by atoms with van der Waals surface area (Å²) in [7, 11) is 1.72. The summed E-state index contributed by atoms with van der Waals surface area (Å²) in [6, 6.07) is 24.0. The Bertz CT molecular complexity index is 1310. The summed E-state index contributed by atoms with van der Waals surface area (Å²) >= 11 is 0. The predicted octanol–water partition coefficient (Wildman–Crippen LogP) is 7.64. The number of fused-ring (bicyclic) bond motifs is 2. The molecule has 0 spiro atoms. The van der Waals surface area contributed by atoms with Crippen molar-refractivity contribution in [3.63, 3.8) is 0 Å². The molecule has 4 nitrogen and oxygen atoms in total. The molecule has 0 heterocycles. The molecule has 0 aromatic heterocycles. The van der Waals surface area contributed by atoms with E-state index in [9.17, 15) is 9.59 Å². The van der Waals surface area contributed by atoms with E-state index in [1.165, 1.54) is 11.1 Å². The number of benzene rings is 3. The molecule has 0 unspecified atom stereocenters. The molecule has 4 heteroatoms. The van der Waals surface area contributed by atoms with Crippen LogP contribution in [0.25, 0.3) is 11.1 Å². The largest absolute Gasteiger partial charge is 0.496 e. The average Bonchev–Trinajstić information content (AvgIpc) is 3.30. The van der Waals surface area contributed by atoms with Crippen LogP contribution in [0.2, 0.25) is 0 Å². The van der Waals surface area contributed by atoms with Gasteiger partial charge in [-0.1, -0.05) is 80.4 Å². The van der Waals surface area contributed by atoms with Crippen LogP contribution in [0, 0.1) is 17.8 Å². The molecule has 202 valence electrons. The molecule has 5 rings (SSSR count). The van der Waals surface area contributed by atoms with Gasteiger partial charge < -0.3 is 9.47 Å². The van der Waals surface area contributed by atoms with Crippen LogP contribution in [0.15, 0.2) is 84.9 Å². The second kappa shape index (κ2) is 12.5. The molecule has 0 aliphatic heterocycles. The van der Waals surface area contributed by atoms with Gasteiger partial charge >= 0.3 is 5.97 Å². The minimum Gasteiger partial charge on any atom is -0.496 e. The molecule has 2 aliphatic rings. The van der Waals surface area contributed by atoms with Gasteiger partial charge in [-0.25, -0.2) is 4.79 Å². The van der Waals surface area contributed by atoms with Crippen LogP contribution in [-0.4, -0.2) is 25.0 Å². The van der Waals surface area contributed by atoms with Crippen molar-refractivity contribution in [2.45, 2.75) is 58.0 Å². The lowest BCUT2D eigenvalue weighted by atomic mass is 9.74. The van der Waals surface area contributed by atoms with Crippen LogP contribution < -0.4 is 4.74 Å². The van der Waals surface area contributed by atoms with E-state index in [-0.39, 0.29) is 23.8 Å². The normalized spacial score (nSPS) is 21.8. The summed E-state index contributed by atoms with van der Waals surface area (Å²) in [5.74, 6) is 1.49. The van der Waals surface area contributed by atoms with Gasteiger partial charge in [0.2, 0.25) is 0 Å². The number of unbranched alkanes of at least 4 members (excludes halogenated alkanes) is 2. The van der Waals surface area contributed by atoms with Crippen LogP contribution in [-0.2, 0) is 22.4 Å². The number of allylic oxidation sites excluding steroid dienone is 1. The summed E-state index contributed by atoms with van der Waals surface area (Å²) in [4.78, 5) is 25.9. The zero-order chi connectivity index (χ0) is 27.2. The first-order valence-electron chi connectivity index (χ1n) is 14.3. The zero-order valence-electron chi connectivity index (χ0n) is 23.0. The Labute approximate surface area is 232 Å². The Morgan fingerprint density at radius 3 is 2.41 bits per heavy atom. The smallest absolute Gasteiger partial charge is 0.338 e. The van der Waals surface area contributed by atoms with E-state index in [1.54, 1.807) is 13.2 Å². The SMILES string of the molecule is CCCCCC(=O)/C=C/[C@@H]1[C@H]2Cc3cccc(OC)c3C[C@H]2C[C@H]1OC(=O)c1ccc(-c2ccccc2)cc1. The number of ketones is 1. The minimum atomic E-state index is -0.305. The lowest BCUT2D eigenvalue weighted by Gasteiger charge is -2.31. The Kier molecular flexibility index (Phi) is 8.61. The van der Waals surface area contributed by atoms with Crippen LogP contribution in [0.4, 0.5) is 0 Å². The number of carbonyl (C=O) groups is 2. The lowest BCUT2D eigenvalue weighted by Crippen LogP contribution is -2.27. The molecule has 0 radical (unpaired) electrons. The third kappa shape index (κ3) is 6.16. The first-order valence-corrected chi connectivity index (χ1v) is 14.3. The van der Waals surface area contributed by atoms with Gasteiger partial charge in [-0.15, -0.1) is 0 Å². The predicted molar refractivity (Wildman–Crippen MR) is 155 cm³/mol. The fraction of sp³-hybridized carbons (Fsp3) is 0.371. The second-order valence-corrected chi connectivity index (χ2v) is 10.9. The topological polar surface area (TPSA) is 52.6 Å². The summed E-state index contributed by atoms with van der Waals surface area (Å²) in [6.45, 7) is 2.14. The first kappa shape index (κ1) is 26.9. The number of hydrogen-bond acceptors (Lipinski definition) is 4. The van der Waals surface area contributed by atoms with Gasteiger partial charge in [-0.2, -0.15) is 0 Å². The number of esters is 1. The Hall–Kier alpha value is -3.66. The molecule has 0 saturated heterocycles. The molecule has 0 bridgehead atoms. The van der Waals surface area contributed by atoms with Gasteiger partial charge in [0.1, 0.15) is 11.9 Å². The third-order valence-electron chi connectivity index (χ3n) is 8.45. The van der Waals surface area contributed by atoms with Crippen molar-refractivity contribution in [1.82, 2.24) is 0 Å². The van der Waals surface area contributed by atoms with Gasteiger partial charge in [0.05, 0.1) is 12.7 Å². The second-order valence-electron chi connectivity index (χ2n) is 10.9. The minimum absolute atomic E-state index is 0.0111. The van der Waals surface area contributed by atoms with Crippen molar-refractivity contribution in [3.8, 4) is 16.9 Å². The highest BCUT2D eigenvalue weighted by atomic mass is 16.5. The van der Waals surface area contributed by atoms with Crippen molar-refractivity contribution >= 4 is 11.8 Å². The fourth-order valence-corrected chi connectivity index (χ4v) is 6.38. The van der Waals surface area contributed by atoms with Crippen molar-refractivity contribution < 1.29 is 19.1 Å². The standard InChI is InChI=1S/C35H38O4/c1-3-4-6-13-29(36)19-20-30-31-21-27-12-9-14-33(38-2)32(27)22-28(31)23-34(30)39-35(37)26-17-15-25(16-18-26)24-10-7-5-8-11-24/h5,7-12,14-20,28,30-31,34H,3-4,6,13,21-23H2,1-2H3/b20-19+/t28-,30+,31-,34+/m0/s1. The van der Waals surface area contributed by atoms with Crippen LogP contribution in [0.5, 0.6) is 5.75 Å². The van der Waals surface area contributed by atoms with E-state index >= 15 is 0 Å². The first-order chi connectivity index (χ1) is 19.1. The maximum Gasteiger partial charge on any atom is 0.338 e. The molecule has 3 aromatic rings. The molecule has 3 aromatic carbocycles. The van der Waals surface area contributed by atoms with Gasteiger partial charge in [-0.3, -0.25) is 4.79 Å². The highest BCUT2D eigenvalue weighted by Gasteiger charge is 2.46. The number of ether oxygens (including phenoxy) is 2. The molecule has 2 aliphatic carbocycles.